The second-order valence-electron chi connectivity index (χ2n) is 3.44. The van der Waals surface area contributed by atoms with Crippen LogP contribution in [0.1, 0.15) is 26.2 Å². The van der Waals surface area contributed by atoms with Crippen LogP contribution in [-0.2, 0) is 4.74 Å². The Balaban J connectivity index is 2.13. The van der Waals surface area contributed by atoms with E-state index in [9.17, 15) is 0 Å². The van der Waals surface area contributed by atoms with Gasteiger partial charge in [0.05, 0.1) is 0 Å². The van der Waals surface area contributed by atoms with Crippen LogP contribution in [0.4, 0.5) is 5.95 Å². The van der Waals surface area contributed by atoms with Crippen LogP contribution in [0.2, 0.25) is 10.6 Å². The first-order valence-corrected chi connectivity index (χ1v) is 6.36. The predicted octanol–water partition coefficient (Wildman–Crippen LogP) is 2.80. The minimum absolute atomic E-state index is 0.0895. The molecule has 1 rings (SSSR count). The summed E-state index contributed by atoms with van der Waals surface area (Å²) >= 11 is 11.3. The number of hydrogen-bond donors (Lipinski definition) is 1. The zero-order chi connectivity index (χ0) is 12.5. The molecule has 1 N–H and O–H groups in total. The average molecular weight is 279 g/mol. The van der Waals surface area contributed by atoms with Crippen molar-refractivity contribution < 1.29 is 4.74 Å². The average Bonchev–Trinajstić information content (AvgIpc) is 2.26. The van der Waals surface area contributed by atoms with Crippen LogP contribution in [0.15, 0.2) is 0 Å². The molecular weight excluding hydrogens is 263 g/mol. The summed E-state index contributed by atoms with van der Waals surface area (Å²) in [5, 5.41) is 3.19. The Morgan fingerprint density at radius 2 is 1.71 bits per heavy atom. The van der Waals surface area contributed by atoms with Crippen molar-refractivity contribution in [1.82, 2.24) is 15.0 Å². The summed E-state index contributed by atoms with van der Waals surface area (Å²) in [5.41, 5.74) is 0. The second-order valence-corrected chi connectivity index (χ2v) is 4.12. The van der Waals surface area contributed by atoms with Gasteiger partial charge in [-0.15, -0.1) is 0 Å². The number of unbranched alkanes of at least 4 members (excludes halogenated alkanes) is 1. The van der Waals surface area contributed by atoms with Crippen molar-refractivity contribution in [2.75, 3.05) is 25.1 Å². The fourth-order valence-electron chi connectivity index (χ4n) is 1.13. The van der Waals surface area contributed by atoms with Gasteiger partial charge in [0.15, 0.2) is 0 Å². The van der Waals surface area contributed by atoms with Gasteiger partial charge in [0, 0.05) is 19.8 Å². The van der Waals surface area contributed by atoms with E-state index in [1.165, 1.54) is 0 Å². The molecule has 1 heterocycles. The van der Waals surface area contributed by atoms with Gasteiger partial charge in [0.2, 0.25) is 16.5 Å². The van der Waals surface area contributed by atoms with Gasteiger partial charge in [-0.05, 0) is 36.0 Å². The van der Waals surface area contributed by atoms with Crippen molar-refractivity contribution in [3.63, 3.8) is 0 Å². The molecule has 0 bridgehead atoms. The van der Waals surface area contributed by atoms with Crippen LogP contribution in [-0.4, -0.2) is 34.7 Å². The van der Waals surface area contributed by atoms with E-state index in [0.29, 0.717) is 12.5 Å². The third-order valence-electron chi connectivity index (χ3n) is 1.97. The number of hydrogen-bond acceptors (Lipinski definition) is 5. The van der Waals surface area contributed by atoms with E-state index in [4.69, 9.17) is 27.9 Å². The Bertz CT molecular complexity index is 318. The lowest BCUT2D eigenvalue weighted by Crippen LogP contribution is -2.09. The molecule has 5 nitrogen and oxygen atoms in total. The van der Waals surface area contributed by atoms with Crippen LogP contribution >= 0.6 is 23.2 Å². The van der Waals surface area contributed by atoms with Gasteiger partial charge < -0.3 is 10.1 Å². The maximum absolute atomic E-state index is 5.64. The summed E-state index contributed by atoms with van der Waals surface area (Å²) in [7, 11) is 0. The van der Waals surface area contributed by atoms with Crippen molar-refractivity contribution >= 4 is 29.2 Å². The molecule has 0 aliphatic rings. The van der Waals surface area contributed by atoms with Crippen LogP contribution in [0.5, 0.6) is 0 Å². The van der Waals surface area contributed by atoms with Crippen LogP contribution in [0.25, 0.3) is 0 Å². The molecule has 96 valence electrons. The highest BCUT2D eigenvalue weighted by atomic mass is 35.5. The lowest BCUT2D eigenvalue weighted by Gasteiger charge is -2.05. The zero-order valence-electron chi connectivity index (χ0n) is 9.75. The van der Waals surface area contributed by atoms with E-state index in [-0.39, 0.29) is 10.6 Å². The van der Waals surface area contributed by atoms with Crippen LogP contribution in [0, 0.1) is 0 Å². The molecule has 0 amide bonds. The van der Waals surface area contributed by atoms with E-state index in [2.05, 4.69) is 27.2 Å². The summed E-state index contributed by atoms with van der Waals surface area (Å²) in [6.07, 6.45) is 3.14. The highest BCUT2D eigenvalue weighted by molar-refractivity contribution is 6.31. The topological polar surface area (TPSA) is 59.9 Å². The molecular formula is C10H16Cl2N4O. The molecule has 7 heteroatoms. The monoisotopic (exact) mass is 278 g/mol. The quantitative estimate of drug-likeness (QED) is 0.741. The van der Waals surface area contributed by atoms with Gasteiger partial charge in [-0.1, -0.05) is 13.3 Å². The molecule has 0 fully saturated rings. The first kappa shape index (κ1) is 14.4. The fourth-order valence-corrected chi connectivity index (χ4v) is 1.49. The molecule has 1 aromatic rings. The SMILES string of the molecule is CCCCOCCCNc1nc(Cl)nc(Cl)n1. The third-order valence-corrected chi connectivity index (χ3v) is 2.31. The largest absolute Gasteiger partial charge is 0.381 e. The smallest absolute Gasteiger partial charge is 0.228 e. The van der Waals surface area contributed by atoms with Crippen molar-refractivity contribution in [2.24, 2.45) is 0 Å². The van der Waals surface area contributed by atoms with Crippen LogP contribution in [0.3, 0.4) is 0 Å². The summed E-state index contributed by atoms with van der Waals surface area (Å²) in [6, 6.07) is 0. The molecule has 0 radical (unpaired) electrons. The van der Waals surface area contributed by atoms with E-state index < -0.39 is 0 Å². The fraction of sp³-hybridized carbons (Fsp3) is 0.700. The van der Waals surface area contributed by atoms with E-state index in [1.54, 1.807) is 0 Å². The van der Waals surface area contributed by atoms with Gasteiger partial charge in [0.1, 0.15) is 0 Å². The highest BCUT2D eigenvalue weighted by Gasteiger charge is 2.01. The zero-order valence-corrected chi connectivity index (χ0v) is 11.3. The number of nitrogens with zero attached hydrogens (tertiary/aromatic N) is 3. The predicted molar refractivity (Wildman–Crippen MR) is 68.7 cm³/mol. The van der Waals surface area contributed by atoms with Gasteiger partial charge in [-0.2, -0.15) is 15.0 Å². The minimum Gasteiger partial charge on any atom is -0.381 e. The van der Waals surface area contributed by atoms with Crippen LogP contribution < -0.4 is 5.32 Å². The molecule has 17 heavy (non-hydrogen) atoms. The Hall–Kier alpha value is -0.650. The standard InChI is InChI=1S/C10H16Cl2N4O/c1-2-3-6-17-7-4-5-13-10-15-8(11)14-9(12)16-10/h2-7H2,1H3,(H,13,14,15,16). The summed E-state index contributed by atoms with van der Waals surface area (Å²) in [4.78, 5) is 11.4. The number of anilines is 1. The summed E-state index contributed by atoms with van der Waals surface area (Å²) in [5.74, 6) is 0.392. The lowest BCUT2D eigenvalue weighted by atomic mass is 10.4. The number of ether oxygens (including phenoxy) is 1. The van der Waals surface area contributed by atoms with E-state index in [0.717, 1.165) is 32.5 Å². The maximum atomic E-state index is 5.64. The maximum Gasteiger partial charge on any atom is 0.228 e. The molecule has 0 aromatic carbocycles. The number of aromatic nitrogens is 3. The summed E-state index contributed by atoms with van der Waals surface area (Å²) in [6.45, 7) is 4.39. The van der Waals surface area contributed by atoms with Crippen molar-refractivity contribution in [2.45, 2.75) is 26.2 Å². The van der Waals surface area contributed by atoms with E-state index >= 15 is 0 Å². The minimum atomic E-state index is 0.0895. The Labute approximate surface area is 111 Å². The Morgan fingerprint density at radius 3 is 2.35 bits per heavy atom. The van der Waals surface area contributed by atoms with Gasteiger partial charge in [-0.25, -0.2) is 0 Å². The second kappa shape index (κ2) is 8.44. The molecule has 0 spiro atoms. The third kappa shape index (κ3) is 6.61. The van der Waals surface area contributed by atoms with E-state index in [1.807, 2.05) is 0 Å². The molecule has 0 unspecified atom stereocenters. The van der Waals surface area contributed by atoms with Gasteiger partial charge in [-0.3, -0.25) is 0 Å². The molecule has 0 aliphatic heterocycles. The lowest BCUT2D eigenvalue weighted by molar-refractivity contribution is 0.131. The van der Waals surface area contributed by atoms with Gasteiger partial charge >= 0.3 is 0 Å². The van der Waals surface area contributed by atoms with Crippen molar-refractivity contribution in [3.8, 4) is 0 Å². The molecule has 1 aromatic heterocycles. The van der Waals surface area contributed by atoms with Crippen molar-refractivity contribution in [3.05, 3.63) is 10.6 Å². The molecule has 0 atom stereocenters. The molecule has 0 saturated heterocycles. The number of rotatable bonds is 8. The van der Waals surface area contributed by atoms with Gasteiger partial charge in [0.25, 0.3) is 0 Å². The first-order valence-electron chi connectivity index (χ1n) is 5.61. The molecule has 0 aliphatic carbocycles. The number of halogens is 2. The first-order chi connectivity index (χ1) is 8.22. The normalized spacial score (nSPS) is 10.5. The highest BCUT2D eigenvalue weighted by Crippen LogP contribution is 2.09. The Kier molecular flexibility index (Phi) is 7.16. The number of nitrogens with one attached hydrogen (secondary N) is 1. The molecule has 0 saturated carbocycles. The summed E-state index contributed by atoms with van der Waals surface area (Å²) < 4.78 is 5.41. The Morgan fingerprint density at radius 1 is 1.06 bits per heavy atom. The van der Waals surface area contributed by atoms with Crippen molar-refractivity contribution in [1.29, 1.82) is 0 Å².